The van der Waals surface area contributed by atoms with Crippen LogP contribution in [0.3, 0.4) is 0 Å². The van der Waals surface area contributed by atoms with Gasteiger partial charge < -0.3 is 20.1 Å². The molecule has 1 aromatic carbocycles. The lowest BCUT2D eigenvalue weighted by atomic mass is 10.1. The van der Waals surface area contributed by atoms with Crippen LogP contribution in [0.4, 0.5) is 0 Å². The van der Waals surface area contributed by atoms with Crippen molar-refractivity contribution >= 4 is 35.6 Å². The van der Waals surface area contributed by atoms with Crippen molar-refractivity contribution in [1.82, 2.24) is 25.2 Å². The van der Waals surface area contributed by atoms with Gasteiger partial charge in [-0.2, -0.15) is 0 Å². The van der Waals surface area contributed by atoms with Gasteiger partial charge >= 0.3 is 0 Å². The van der Waals surface area contributed by atoms with Crippen molar-refractivity contribution in [3.8, 4) is 11.5 Å². The highest BCUT2D eigenvalue weighted by atomic mass is 127. The van der Waals surface area contributed by atoms with E-state index in [0.29, 0.717) is 25.7 Å². The molecule has 166 valence electrons. The first-order valence-corrected chi connectivity index (χ1v) is 10.4. The molecule has 8 nitrogen and oxygen atoms in total. The van der Waals surface area contributed by atoms with Crippen LogP contribution >= 0.6 is 24.0 Å². The van der Waals surface area contributed by atoms with Gasteiger partial charge in [0.2, 0.25) is 0 Å². The van der Waals surface area contributed by atoms with Gasteiger partial charge in [-0.25, -0.2) is 4.99 Å². The van der Waals surface area contributed by atoms with Crippen LogP contribution in [0.25, 0.3) is 5.65 Å². The van der Waals surface area contributed by atoms with Crippen LogP contribution < -0.4 is 20.1 Å². The number of hydrogen-bond acceptors (Lipinski definition) is 5. The molecule has 4 rings (SSSR count). The Morgan fingerprint density at radius 3 is 2.94 bits per heavy atom. The number of halogens is 1. The molecule has 0 radical (unpaired) electrons. The molecular weight excluding hydrogens is 507 g/mol. The number of aromatic nitrogens is 3. The van der Waals surface area contributed by atoms with E-state index in [-0.39, 0.29) is 30.1 Å². The van der Waals surface area contributed by atoms with Crippen LogP contribution in [0.5, 0.6) is 11.5 Å². The average molecular weight is 536 g/mol. The predicted octanol–water partition coefficient (Wildman–Crippen LogP) is 3.32. The zero-order valence-corrected chi connectivity index (χ0v) is 20.4. The van der Waals surface area contributed by atoms with Crippen molar-refractivity contribution in [2.24, 2.45) is 4.99 Å². The van der Waals surface area contributed by atoms with E-state index in [1.54, 1.807) is 0 Å². The Balaban J connectivity index is 0.00000272. The summed E-state index contributed by atoms with van der Waals surface area (Å²) >= 11 is 0. The number of hydrogen-bond donors (Lipinski definition) is 2. The van der Waals surface area contributed by atoms with Gasteiger partial charge in [-0.05, 0) is 45.0 Å². The summed E-state index contributed by atoms with van der Waals surface area (Å²) in [7, 11) is 0. The molecule has 9 heteroatoms. The zero-order valence-electron chi connectivity index (χ0n) is 18.1. The van der Waals surface area contributed by atoms with E-state index in [2.05, 4.69) is 39.9 Å². The maximum Gasteiger partial charge on any atom is 0.191 e. The van der Waals surface area contributed by atoms with Gasteiger partial charge in [0.05, 0.1) is 19.7 Å². The minimum atomic E-state index is 0. The Hall–Kier alpha value is -2.56. The Bertz CT molecular complexity index is 1050. The van der Waals surface area contributed by atoms with Crippen LogP contribution in [0.15, 0.2) is 41.5 Å². The summed E-state index contributed by atoms with van der Waals surface area (Å²) in [5.41, 5.74) is 3.03. The summed E-state index contributed by atoms with van der Waals surface area (Å²) in [6, 6.07) is 10.00. The topological polar surface area (TPSA) is 85.1 Å². The number of pyridine rings is 1. The summed E-state index contributed by atoms with van der Waals surface area (Å²) in [4.78, 5) is 4.75. The third kappa shape index (κ3) is 5.38. The van der Waals surface area contributed by atoms with Crippen LogP contribution in [0, 0.1) is 0 Å². The van der Waals surface area contributed by atoms with E-state index in [9.17, 15) is 0 Å². The first kappa shape index (κ1) is 23.1. The second-order valence-corrected chi connectivity index (χ2v) is 7.23. The predicted molar refractivity (Wildman–Crippen MR) is 131 cm³/mol. The molecule has 0 saturated heterocycles. The maximum atomic E-state index is 5.92. The molecule has 0 bridgehead atoms. The fourth-order valence-electron chi connectivity index (χ4n) is 3.58. The lowest BCUT2D eigenvalue weighted by molar-refractivity contribution is 0.254. The van der Waals surface area contributed by atoms with Gasteiger partial charge in [0.15, 0.2) is 17.4 Å². The second-order valence-electron chi connectivity index (χ2n) is 7.23. The Morgan fingerprint density at radius 1 is 1.26 bits per heavy atom. The molecule has 0 fully saturated rings. The third-order valence-corrected chi connectivity index (χ3v) is 4.93. The molecule has 2 aromatic heterocycles. The smallest absolute Gasteiger partial charge is 0.191 e. The van der Waals surface area contributed by atoms with Crippen molar-refractivity contribution < 1.29 is 9.47 Å². The monoisotopic (exact) mass is 536 g/mol. The molecule has 31 heavy (non-hydrogen) atoms. The molecule has 0 saturated carbocycles. The number of nitrogens with zero attached hydrogens (tertiary/aromatic N) is 4. The summed E-state index contributed by atoms with van der Waals surface area (Å²) in [6.07, 6.45) is 3.07. The number of rotatable bonds is 7. The van der Waals surface area contributed by atoms with Crippen molar-refractivity contribution in [1.29, 1.82) is 0 Å². The van der Waals surface area contributed by atoms with Gasteiger partial charge in [0.1, 0.15) is 17.6 Å². The largest absolute Gasteiger partial charge is 0.494 e. The molecule has 0 spiro atoms. The molecule has 2 N–H and O–H groups in total. The molecule has 1 atom stereocenters. The maximum absolute atomic E-state index is 5.92. The molecule has 1 aliphatic heterocycles. The van der Waals surface area contributed by atoms with Gasteiger partial charge in [-0.1, -0.05) is 6.07 Å². The SMILES string of the molecule is CCNC(=NCc1cc2c(cc1OCC)CC(C)O2)NCc1nnc2ccccn12.I. The molecule has 0 aliphatic carbocycles. The molecular formula is C22H29IN6O2. The fourth-order valence-corrected chi connectivity index (χ4v) is 3.58. The lowest BCUT2D eigenvalue weighted by Crippen LogP contribution is -2.37. The summed E-state index contributed by atoms with van der Waals surface area (Å²) in [5, 5.41) is 15.1. The van der Waals surface area contributed by atoms with E-state index >= 15 is 0 Å². The Kier molecular flexibility index (Phi) is 7.94. The van der Waals surface area contributed by atoms with E-state index in [0.717, 1.165) is 41.5 Å². The molecule has 1 aliphatic rings. The van der Waals surface area contributed by atoms with Crippen molar-refractivity contribution in [2.45, 2.75) is 46.4 Å². The van der Waals surface area contributed by atoms with Gasteiger partial charge in [0, 0.05) is 30.3 Å². The number of aliphatic imine (C=N–C) groups is 1. The summed E-state index contributed by atoms with van der Waals surface area (Å²) < 4.78 is 13.7. The minimum Gasteiger partial charge on any atom is -0.494 e. The van der Waals surface area contributed by atoms with E-state index in [4.69, 9.17) is 14.5 Å². The van der Waals surface area contributed by atoms with Crippen LogP contribution in [0.2, 0.25) is 0 Å². The third-order valence-electron chi connectivity index (χ3n) is 4.93. The zero-order chi connectivity index (χ0) is 20.9. The molecule has 3 aromatic rings. The van der Waals surface area contributed by atoms with Crippen LogP contribution in [0.1, 0.15) is 37.7 Å². The summed E-state index contributed by atoms with van der Waals surface area (Å²) in [6.45, 7) is 8.49. The minimum absolute atomic E-state index is 0. The number of ether oxygens (including phenoxy) is 2. The fraction of sp³-hybridized carbons (Fsp3) is 0.409. The quantitative estimate of drug-likeness (QED) is 0.274. The standard InChI is InChI=1S/C22H28N6O2.HI/c1-4-23-22(25-14-21-27-26-20-8-6-7-9-28(20)21)24-13-17-12-19-16(10-15(3)30-19)11-18(17)29-5-2;/h6-9,11-12,15H,4-5,10,13-14H2,1-3H3,(H2,23,24,25);1H. The highest BCUT2D eigenvalue weighted by molar-refractivity contribution is 14.0. The van der Waals surface area contributed by atoms with Crippen molar-refractivity contribution in [2.75, 3.05) is 13.2 Å². The average Bonchev–Trinajstić information content (AvgIpc) is 3.32. The molecule has 1 unspecified atom stereocenters. The van der Waals surface area contributed by atoms with Crippen LogP contribution in [-0.2, 0) is 19.5 Å². The summed E-state index contributed by atoms with van der Waals surface area (Å²) in [5.74, 6) is 3.34. The number of nitrogens with one attached hydrogen (secondary N) is 2. The number of guanidine groups is 1. The van der Waals surface area contributed by atoms with E-state index in [1.165, 1.54) is 5.56 Å². The van der Waals surface area contributed by atoms with Gasteiger partial charge in [0.25, 0.3) is 0 Å². The van der Waals surface area contributed by atoms with Crippen molar-refractivity contribution in [3.05, 3.63) is 53.5 Å². The molecule has 3 heterocycles. The second kappa shape index (κ2) is 10.7. The highest BCUT2D eigenvalue weighted by Gasteiger charge is 2.21. The first-order valence-electron chi connectivity index (χ1n) is 10.4. The normalized spacial score (nSPS) is 15.2. The van der Waals surface area contributed by atoms with Gasteiger partial charge in [-0.15, -0.1) is 34.2 Å². The number of benzene rings is 1. The number of fused-ring (bicyclic) bond motifs is 2. The Labute approximate surface area is 199 Å². The highest BCUT2D eigenvalue weighted by Crippen LogP contribution is 2.35. The van der Waals surface area contributed by atoms with E-state index < -0.39 is 0 Å². The lowest BCUT2D eigenvalue weighted by Gasteiger charge is -2.13. The van der Waals surface area contributed by atoms with Crippen LogP contribution in [-0.4, -0.2) is 39.8 Å². The Morgan fingerprint density at radius 2 is 2.13 bits per heavy atom. The van der Waals surface area contributed by atoms with E-state index in [1.807, 2.05) is 42.6 Å². The molecule has 0 amide bonds. The van der Waals surface area contributed by atoms with Gasteiger partial charge in [-0.3, -0.25) is 4.40 Å². The first-order chi connectivity index (χ1) is 14.7. The van der Waals surface area contributed by atoms with Crippen molar-refractivity contribution in [3.63, 3.8) is 0 Å².